The molecule has 7 heteroatoms. The van der Waals surface area contributed by atoms with Crippen LogP contribution in [-0.4, -0.2) is 20.5 Å². The van der Waals surface area contributed by atoms with Gasteiger partial charge in [0, 0.05) is 17.6 Å². The van der Waals surface area contributed by atoms with E-state index in [1.54, 1.807) is 20.8 Å². The van der Waals surface area contributed by atoms with Crippen LogP contribution in [0.2, 0.25) is 0 Å². The van der Waals surface area contributed by atoms with Crippen LogP contribution in [0.4, 0.5) is 13.2 Å². The molecule has 1 rings (SSSR count). The monoisotopic (exact) mass is 280 g/mol. The van der Waals surface area contributed by atoms with E-state index in [-0.39, 0.29) is 5.69 Å². The Bertz CT molecular complexity index is 378. The molecule has 1 aromatic rings. The normalized spacial score (nSPS) is 16.4. The molecule has 1 aromatic heterocycles. The van der Waals surface area contributed by atoms with Gasteiger partial charge in [-0.05, 0) is 32.9 Å². The largest absolute Gasteiger partial charge is 0.598 e. The van der Waals surface area contributed by atoms with Crippen LogP contribution in [-0.2, 0) is 11.4 Å². The second-order valence-electron chi connectivity index (χ2n) is 4.73. The fourth-order valence-electron chi connectivity index (χ4n) is 1.13. The van der Waals surface area contributed by atoms with Crippen LogP contribution >= 0.6 is 0 Å². The Labute approximate surface area is 107 Å². The standard InChI is InChI=1S/C11H15F3N2OS/c1-10(2,3)18(17)16-9(11(12,13)14)8-6-4-5-7-15-8/h4-7,9,16H,1-3H3/t9?,18-/m0/s1. The molecule has 0 amide bonds. The van der Waals surface area contributed by atoms with Gasteiger partial charge in [0.25, 0.3) is 0 Å². The van der Waals surface area contributed by atoms with Crippen molar-refractivity contribution in [2.24, 2.45) is 0 Å². The predicted molar refractivity (Wildman–Crippen MR) is 64.1 cm³/mol. The lowest BCUT2D eigenvalue weighted by molar-refractivity contribution is -0.153. The lowest BCUT2D eigenvalue weighted by Crippen LogP contribution is -2.45. The predicted octanol–water partition coefficient (Wildman–Crippen LogP) is 2.74. The van der Waals surface area contributed by atoms with Crippen molar-refractivity contribution in [3.8, 4) is 0 Å². The zero-order valence-electron chi connectivity index (χ0n) is 10.3. The van der Waals surface area contributed by atoms with E-state index < -0.39 is 28.3 Å². The van der Waals surface area contributed by atoms with E-state index in [9.17, 15) is 17.7 Å². The molecule has 1 unspecified atom stereocenters. The first-order valence-electron chi connectivity index (χ1n) is 5.28. The van der Waals surface area contributed by atoms with Crippen molar-refractivity contribution in [3.05, 3.63) is 30.1 Å². The van der Waals surface area contributed by atoms with E-state index in [0.29, 0.717) is 0 Å². The number of alkyl halides is 3. The first-order chi connectivity index (χ1) is 8.12. The maximum Gasteiger partial charge on any atom is 0.413 e. The minimum absolute atomic E-state index is 0.192. The highest BCUT2D eigenvalue weighted by molar-refractivity contribution is 7.90. The summed E-state index contributed by atoms with van der Waals surface area (Å²) >= 11 is -1.82. The van der Waals surface area contributed by atoms with E-state index in [1.165, 1.54) is 24.4 Å². The van der Waals surface area contributed by atoms with Crippen LogP contribution in [0.25, 0.3) is 0 Å². The smallest absolute Gasteiger partial charge is 0.413 e. The lowest BCUT2D eigenvalue weighted by atomic mass is 10.2. The third kappa shape index (κ3) is 4.15. The number of halogens is 3. The van der Waals surface area contributed by atoms with Crippen molar-refractivity contribution in [3.63, 3.8) is 0 Å². The number of aromatic nitrogens is 1. The van der Waals surface area contributed by atoms with Crippen molar-refractivity contribution >= 4 is 11.4 Å². The van der Waals surface area contributed by atoms with E-state index in [1.807, 2.05) is 0 Å². The van der Waals surface area contributed by atoms with Gasteiger partial charge in [-0.3, -0.25) is 4.98 Å². The summed E-state index contributed by atoms with van der Waals surface area (Å²) in [5.41, 5.74) is -0.192. The van der Waals surface area contributed by atoms with Gasteiger partial charge in [-0.1, -0.05) is 6.07 Å². The first-order valence-corrected chi connectivity index (χ1v) is 6.43. The Balaban J connectivity index is 2.95. The average Bonchev–Trinajstić information content (AvgIpc) is 2.23. The lowest BCUT2D eigenvalue weighted by Gasteiger charge is -2.28. The molecule has 3 nitrogen and oxygen atoms in total. The highest BCUT2D eigenvalue weighted by Crippen LogP contribution is 2.33. The van der Waals surface area contributed by atoms with E-state index >= 15 is 0 Å². The van der Waals surface area contributed by atoms with Crippen molar-refractivity contribution in [2.45, 2.75) is 37.7 Å². The second kappa shape index (κ2) is 5.46. The summed E-state index contributed by atoms with van der Waals surface area (Å²) in [5, 5.41) is 0. The summed E-state index contributed by atoms with van der Waals surface area (Å²) in [6, 6.07) is 2.21. The van der Waals surface area contributed by atoms with E-state index in [2.05, 4.69) is 9.71 Å². The molecule has 2 atom stereocenters. The maximum atomic E-state index is 12.9. The van der Waals surface area contributed by atoms with E-state index in [4.69, 9.17) is 0 Å². The third-order valence-electron chi connectivity index (χ3n) is 2.09. The summed E-state index contributed by atoms with van der Waals surface area (Å²) in [7, 11) is 0. The Morgan fingerprint density at radius 3 is 2.28 bits per heavy atom. The second-order valence-corrected chi connectivity index (χ2v) is 6.73. The fraction of sp³-hybridized carbons (Fsp3) is 0.545. The Morgan fingerprint density at radius 2 is 1.89 bits per heavy atom. The van der Waals surface area contributed by atoms with Gasteiger partial charge in [0.15, 0.2) is 6.04 Å². The maximum absolute atomic E-state index is 12.9. The summed E-state index contributed by atoms with van der Waals surface area (Å²) in [5.74, 6) is 0. The van der Waals surface area contributed by atoms with Gasteiger partial charge in [0.2, 0.25) is 0 Å². The summed E-state index contributed by atoms with van der Waals surface area (Å²) in [4.78, 5) is 3.66. The van der Waals surface area contributed by atoms with Gasteiger partial charge in [0.05, 0.1) is 5.69 Å². The topological polar surface area (TPSA) is 48.0 Å². The van der Waals surface area contributed by atoms with Gasteiger partial charge in [-0.25, -0.2) is 0 Å². The molecule has 0 aliphatic rings. The molecule has 102 valence electrons. The summed E-state index contributed by atoms with van der Waals surface area (Å²) in [6.07, 6.45) is -3.27. The quantitative estimate of drug-likeness (QED) is 0.866. The minimum atomic E-state index is -4.55. The molecule has 0 spiro atoms. The van der Waals surface area contributed by atoms with Crippen molar-refractivity contribution in [2.75, 3.05) is 0 Å². The minimum Gasteiger partial charge on any atom is -0.598 e. The molecular weight excluding hydrogens is 265 g/mol. The summed E-state index contributed by atoms with van der Waals surface area (Å²) < 4.78 is 51.8. The zero-order chi connectivity index (χ0) is 14.0. The third-order valence-corrected chi connectivity index (χ3v) is 3.65. The first kappa shape index (κ1) is 15.3. The Hall–Kier alpha value is -0.790. The number of nitrogens with zero attached hydrogens (tertiary/aromatic N) is 1. The van der Waals surface area contributed by atoms with Crippen LogP contribution in [0.15, 0.2) is 24.4 Å². The van der Waals surface area contributed by atoms with Gasteiger partial charge < -0.3 is 4.55 Å². The van der Waals surface area contributed by atoms with Crippen molar-refractivity contribution in [1.29, 1.82) is 0 Å². The number of rotatable bonds is 3. The number of pyridine rings is 1. The molecule has 0 saturated carbocycles. The van der Waals surface area contributed by atoms with Gasteiger partial charge in [-0.2, -0.15) is 13.2 Å². The molecule has 0 aliphatic heterocycles. The fourth-order valence-corrected chi connectivity index (χ4v) is 1.95. The Morgan fingerprint density at radius 1 is 1.28 bits per heavy atom. The SMILES string of the molecule is CC(C)(C)[S@+]([O-])NC(c1ccccn1)C(F)(F)F. The van der Waals surface area contributed by atoms with E-state index in [0.717, 1.165) is 0 Å². The molecule has 0 saturated heterocycles. The van der Waals surface area contributed by atoms with Crippen LogP contribution in [0, 0.1) is 0 Å². The van der Waals surface area contributed by atoms with Gasteiger partial charge in [0.1, 0.15) is 4.75 Å². The molecular formula is C11H15F3N2OS. The molecule has 1 heterocycles. The zero-order valence-corrected chi connectivity index (χ0v) is 11.1. The molecule has 0 aromatic carbocycles. The average molecular weight is 280 g/mol. The molecule has 0 radical (unpaired) electrons. The number of hydrogen-bond acceptors (Lipinski definition) is 3. The molecule has 18 heavy (non-hydrogen) atoms. The molecule has 0 aliphatic carbocycles. The van der Waals surface area contributed by atoms with Gasteiger partial charge >= 0.3 is 6.18 Å². The number of nitrogens with one attached hydrogen (secondary N) is 1. The highest BCUT2D eigenvalue weighted by Gasteiger charge is 2.46. The van der Waals surface area contributed by atoms with Crippen LogP contribution < -0.4 is 4.72 Å². The van der Waals surface area contributed by atoms with Gasteiger partial charge in [-0.15, -0.1) is 4.72 Å². The number of hydrogen-bond donors (Lipinski definition) is 1. The molecule has 0 bridgehead atoms. The van der Waals surface area contributed by atoms with Crippen molar-refractivity contribution in [1.82, 2.24) is 9.71 Å². The van der Waals surface area contributed by atoms with Crippen LogP contribution in [0.5, 0.6) is 0 Å². The highest BCUT2D eigenvalue weighted by atomic mass is 32.2. The Kier molecular flexibility index (Phi) is 4.63. The summed E-state index contributed by atoms with van der Waals surface area (Å²) in [6.45, 7) is 4.80. The van der Waals surface area contributed by atoms with Crippen molar-refractivity contribution < 1.29 is 17.7 Å². The van der Waals surface area contributed by atoms with Crippen LogP contribution in [0.3, 0.4) is 0 Å². The molecule has 0 fully saturated rings. The van der Waals surface area contributed by atoms with Crippen LogP contribution in [0.1, 0.15) is 32.5 Å². The molecule has 1 N–H and O–H groups in total.